The number of nitrogens with two attached hydrogens (primary N) is 1. The molecule has 0 aliphatic carbocycles. The zero-order chi connectivity index (χ0) is 19.2. The van der Waals surface area contributed by atoms with Gasteiger partial charge in [0.25, 0.3) is 10.0 Å². The number of hydrogen-bond acceptors (Lipinski definition) is 5. The fourth-order valence-corrected chi connectivity index (χ4v) is 3.21. The van der Waals surface area contributed by atoms with Gasteiger partial charge in [-0.2, -0.15) is 0 Å². The van der Waals surface area contributed by atoms with Crippen LogP contribution in [0.2, 0.25) is 0 Å². The van der Waals surface area contributed by atoms with Gasteiger partial charge in [-0.15, -0.1) is 0 Å². The van der Waals surface area contributed by atoms with Crippen LogP contribution < -0.4 is 19.9 Å². The minimum atomic E-state index is -4.04. The standard InChI is InChI=1S/C17H20FN3O4S/c1-24-15-6-4-3-5-12(15)9-10-20-17(19)21-26(22,23)13-7-8-16(25-2)14(18)11-13/h3-8,11H,9-10H2,1-2H3,(H3,19,20,21). The van der Waals surface area contributed by atoms with E-state index in [0.717, 1.165) is 17.4 Å². The maximum atomic E-state index is 13.7. The second kappa shape index (κ2) is 8.52. The van der Waals surface area contributed by atoms with Crippen molar-refractivity contribution in [2.75, 3.05) is 20.8 Å². The number of ether oxygens (including phenoxy) is 2. The second-order valence-electron chi connectivity index (χ2n) is 5.23. The molecular formula is C17H20FN3O4S. The molecule has 2 rings (SSSR count). The monoisotopic (exact) mass is 381 g/mol. The van der Waals surface area contributed by atoms with Crippen LogP contribution in [0.1, 0.15) is 5.56 Å². The van der Waals surface area contributed by atoms with Crippen LogP contribution in [0.5, 0.6) is 11.5 Å². The quantitative estimate of drug-likeness (QED) is 0.561. The van der Waals surface area contributed by atoms with Crippen LogP contribution >= 0.6 is 0 Å². The van der Waals surface area contributed by atoms with Crippen LogP contribution in [0, 0.1) is 5.82 Å². The van der Waals surface area contributed by atoms with Crippen molar-refractivity contribution in [2.24, 2.45) is 10.7 Å². The summed E-state index contributed by atoms with van der Waals surface area (Å²) in [5, 5.41) is 0. The van der Waals surface area contributed by atoms with Crippen LogP contribution in [-0.4, -0.2) is 35.1 Å². The number of rotatable bonds is 7. The molecule has 0 aliphatic rings. The minimum Gasteiger partial charge on any atom is -0.496 e. The molecule has 0 aromatic heterocycles. The first kappa shape index (κ1) is 19.5. The van der Waals surface area contributed by atoms with Gasteiger partial charge in [-0.05, 0) is 36.2 Å². The molecule has 0 heterocycles. The van der Waals surface area contributed by atoms with Crippen LogP contribution in [-0.2, 0) is 16.4 Å². The van der Waals surface area contributed by atoms with Crippen LogP contribution in [0.3, 0.4) is 0 Å². The van der Waals surface area contributed by atoms with Gasteiger partial charge in [0, 0.05) is 6.54 Å². The highest BCUT2D eigenvalue weighted by Gasteiger charge is 2.17. The van der Waals surface area contributed by atoms with Gasteiger partial charge in [0.1, 0.15) is 5.75 Å². The topological polar surface area (TPSA) is 103 Å². The first-order valence-corrected chi connectivity index (χ1v) is 9.14. The summed E-state index contributed by atoms with van der Waals surface area (Å²) in [5.41, 5.74) is 6.56. The van der Waals surface area contributed by atoms with Crippen LogP contribution in [0.4, 0.5) is 4.39 Å². The zero-order valence-electron chi connectivity index (χ0n) is 14.4. The lowest BCUT2D eigenvalue weighted by Gasteiger charge is -2.09. The Morgan fingerprint density at radius 2 is 1.85 bits per heavy atom. The predicted octanol–water partition coefficient (Wildman–Crippen LogP) is 1.68. The van der Waals surface area contributed by atoms with Gasteiger partial charge < -0.3 is 15.2 Å². The van der Waals surface area contributed by atoms with E-state index in [0.29, 0.717) is 6.42 Å². The van der Waals surface area contributed by atoms with E-state index in [9.17, 15) is 12.8 Å². The summed E-state index contributed by atoms with van der Waals surface area (Å²) in [7, 11) is -1.18. The molecule has 0 saturated heterocycles. The number of benzene rings is 2. The van der Waals surface area contributed by atoms with E-state index in [1.54, 1.807) is 7.11 Å². The molecule has 0 aliphatic heterocycles. The molecule has 2 aromatic rings. The summed E-state index contributed by atoms with van der Waals surface area (Å²) in [6.45, 7) is 0.256. The third-order valence-electron chi connectivity index (χ3n) is 3.53. The number of guanidine groups is 1. The molecule has 0 bridgehead atoms. The van der Waals surface area contributed by atoms with Crippen molar-refractivity contribution < 1.29 is 22.3 Å². The van der Waals surface area contributed by atoms with Gasteiger partial charge in [0.05, 0.1) is 19.1 Å². The van der Waals surface area contributed by atoms with Crippen molar-refractivity contribution in [1.29, 1.82) is 0 Å². The van der Waals surface area contributed by atoms with E-state index >= 15 is 0 Å². The summed E-state index contributed by atoms with van der Waals surface area (Å²) >= 11 is 0. The molecule has 140 valence electrons. The summed E-state index contributed by atoms with van der Waals surface area (Å²) in [5.74, 6) is -0.406. The Balaban J connectivity index is 2.04. The average molecular weight is 381 g/mol. The van der Waals surface area contributed by atoms with Crippen molar-refractivity contribution in [1.82, 2.24) is 4.72 Å². The van der Waals surface area contributed by atoms with Gasteiger partial charge in [-0.3, -0.25) is 4.99 Å². The van der Waals surface area contributed by atoms with Crippen molar-refractivity contribution >= 4 is 16.0 Å². The predicted molar refractivity (Wildman–Crippen MR) is 96.5 cm³/mol. The molecule has 0 saturated carbocycles. The zero-order valence-corrected chi connectivity index (χ0v) is 15.2. The number of halogens is 1. The highest BCUT2D eigenvalue weighted by atomic mass is 32.2. The first-order chi connectivity index (χ1) is 12.4. The second-order valence-corrected chi connectivity index (χ2v) is 6.91. The Morgan fingerprint density at radius 3 is 2.50 bits per heavy atom. The molecule has 26 heavy (non-hydrogen) atoms. The molecule has 0 fully saturated rings. The molecule has 0 radical (unpaired) electrons. The van der Waals surface area contributed by atoms with E-state index in [-0.39, 0.29) is 23.1 Å². The molecular weight excluding hydrogens is 361 g/mol. The number of aliphatic imine (C=N–C) groups is 1. The van der Waals surface area contributed by atoms with Gasteiger partial charge >= 0.3 is 0 Å². The van der Waals surface area contributed by atoms with Crippen molar-refractivity contribution in [3.63, 3.8) is 0 Å². The fourth-order valence-electron chi connectivity index (χ4n) is 2.25. The van der Waals surface area contributed by atoms with E-state index in [1.807, 2.05) is 24.3 Å². The third-order valence-corrected chi connectivity index (χ3v) is 4.88. The smallest absolute Gasteiger partial charge is 0.264 e. The maximum absolute atomic E-state index is 13.7. The number of methoxy groups -OCH3 is 2. The van der Waals surface area contributed by atoms with Crippen molar-refractivity contribution in [2.45, 2.75) is 11.3 Å². The van der Waals surface area contributed by atoms with Gasteiger partial charge in [0.2, 0.25) is 5.96 Å². The lowest BCUT2D eigenvalue weighted by molar-refractivity contribution is 0.385. The Morgan fingerprint density at radius 1 is 1.15 bits per heavy atom. The molecule has 0 spiro atoms. The minimum absolute atomic E-state index is 0.0533. The highest BCUT2D eigenvalue weighted by molar-refractivity contribution is 7.90. The lowest BCUT2D eigenvalue weighted by Crippen LogP contribution is -2.37. The molecule has 0 amide bonds. The number of hydrogen-bond donors (Lipinski definition) is 2. The number of nitrogens with zero attached hydrogens (tertiary/aromatic N) is 1. The Bertz CT molecular complexity index is 901. The van der Waals surface area contributed by atoms with Crippen LogP contribution in [0.15, 0.2) is 52.4 Å². The third kappa shape index (κ3) is 4.85. The average Bonchev–Trinajstić information content (AvgIpc) is 2.61. The Labute approximate surface area is 151 Å². The van der Waals surface area contributed by atoms with E-state index in [1.165, 1.54) is 19.2 Å². The Hall–Kier alpha value is -2.81. The first-order valence-electron chi connectivity index (χ1n) is 7.65. The molecule has 2 aromatic carbocycles. The molecule has 0 atom stereocenters. The van der Waals surface area contributed by atoms with Gasteiger partial charge in [0.15, 0.2) is 11.6 Å². The van der Waals surface area contributed by atoms with Gasteiger partial charge in [-0.1, -0.05) is 18.2 Å². The van der Waals surface area contributed by atoms with Crippen molar-refractivity contribution in [3.05, 3.63) is 53.8 Å². The van der Waals surface area contributed by atoms with Crippen LogP contribution in [0.25, 0.3) is 0 Å². The summed E-state index contributed by atoms with van der Waals surface area (Å²) < 4.78 is 50.3. The molecule has 0 unspecified atom stereocenters. The van der Waals surface area contributed by atoms with Crippen molar-refractivity contribution in [3.8, 4) is 11.5 Å². The SMILES string of the molecule is COc1ccc(S(=O)(=O)NC(N)=NCCc2ccccc2OC)cc1F. The largest absolute Gasteiger partial charge is 0.496 e. The fraction of sp³-hybridized carbons (Fsp3) is 0.235. The maximum Gasteiger partial charge on any atom is 0.264 e. The lowest BCUT2D eigenvalue weighted by atomic mass is 10.1. The number of nitrogens with one attached hydrogen (secondary N) is 1. The molecule has 3 N–H and O–H groups in total. The highest BCUT2D eigenvalue weighted by Crippen LogP contribution is 2.20. The van der Waals surface area contributed by atoms with E-state index < -0.39 is 15.8 Å². The summed E-state index contributed by atoms with van der Waals surface area (Å²) in [6.07, 6.45) is 0.517. The summed E-state index contributed by atoms with van der Waals surface area (Å²) in [6, 6.07) is 10.7. The number of sulfonamides is 1. The Kier molecular flexibility index (Phi) is 6.40. The summed E-state index contributed by atoms with van der Waals surface area (Å²) in [4.78, 5) is 3.71. The number of para-hydroxylation sites is 1. The molecule has 9 heteroatoms. The van der Waals surface area contributed by atoms with E-state index in [2.05, 4.69) is 9.71 Å². The normalized spacial score (nSPS) is 11.9. The van der Waals surface area contributed by atoms with E-state index in [4.69, 9.17) is 15.2 Å². The molecule has 7 nitrogen and oxygen atoms in total. The van der Waals surface area contributed by atoms with Gasteiger partial charge in [-0.25, -0.2) is 17.5 Å².